The second-order valence-electron chi connectivity index (χ2n) is 6.15. The molecule has 0 unspecified atom stereocenters. The third-order valence-electron chi connectivity index (χ3n) is 3.81. The van der Waals surface area contributed by atoms with Crippen LogP contribution in [0.15, 0.2) is 0 Å². The SMILES string of the molecule is CC(=O)CCCCCCCCCCCCCCC(C)=O. The number of carbonyl (C=O) groups excluding carboxylic acids is 2. The quantitative estimate of drug-likeness (QED) is 0.365. The molecule has 2 heteroatoms. The summed E-state index contributed by atoms with van der Waals surface area (Å²) in [5.41, 5.74) is 0. The Morgan fingerprint density at radius 1 is 0.450 bits per heavy atom. The molecule has 0 saturated heterocycles. The van der Waals surface area contributed by atoms with Crippen molar-refractivity contribution in [3.8, 4) is 0 Å². The van der Waals surface area contributed by atoms with Gasteiger partial charge in [-0.05, 0) is 26.7 Å². The standard InChI is InChI=1S/C18H34O2/c1-17(19)15-13-11-9-7-5-3-4-6-8-10-12-14-16-18(2)20/h3-16H2,1-2H3. The minimum absolute atomic E-state index is 0.327. The van der Waals surface area contributed by atoms with Gasteiger partial charge in [0.15, 0.2) is 0 Å². The highest BCUT2D eigenvalue weighted by atomic mass is 16.1. The van der Waals surface area contributed by atoms with E-state index in [1.807, 2.05) is 0 Å². The molecule has 0 N–H and O–H groups in total. The van der Waals surface area contributed by atoms with Gasteiger partial charge in [-0.15, -0.1) is 0 Å². The lowest BCUT2D eigenvalue weighted by atomic mass is 10.0. The summed E-state index contributed by atoms with van der Waals surface area (Å²) in [5, 5.41) is 0. The number of hydrogen-bond donors (Lipinski definition) is 0. The summed E-state index contributed by atoms with van der Waals surface area (Å²) in [4.78, 5) is 21.5. The zero-order chi connectivity index (χ0) is 15.1. The predicted octanol–water partition coefficient (Wildman–Crippen LogP) is 5.63. The first-order valence-corrected chi connectivity index (χ1v) is 8.62. The van der Waals surface area contributed by atoms with Crippen LogP contribution in [0.1, 0.15) is 104 Å². The molecule has 0 aliphatic carbocycles. The zero-order valence-corrected chi connectivity index (χ0v) is 13.7. The van der Waals surface area contributed by atoms with Gasteiger partial charge in [-0.1, -0.05) is 64.2 Å². The van der Waals surface area contributed by atoms with E-state index in [-0.39, 0.29) is 0 Å². The van der Waals surface area contributed by atoms with Crippen LogP contribution in [0.4, 0.5) is 0 Å². The van der Waals surface area contributed by atoms with E-state index in [2.05, 4.69) is 0 Å². The van der Waals surface area contributed by atoms with Crippen molar-refractivity contribution in [1.82, 2.24) is 0 Å². The predicted molar refractivity (Wildman–Crippen MR) is 86.0 cm³/mol. The lowest BCUT2D eigenvalue weighted by molar-refractivity contribution is -0.117. The van der Waals surface area contributed by atoms with Crippen LogP contribution in [0.5, 0.6) is 0 Å². The number of Topliss-reactive ketones (excluding diaryl/α,β-unsaturated/α-hetero) is 2. The van der Waals surface area contributed by atoms with Gasteiger partial charge in [-0.3, -0.25) is 0 Å². The van der Waals surface area contributed by atoms with Gasteiger partial charge < -0.3 is 9.59 Å². The van der Waals surface area contributed by atoms with Gasteiger partial charge >= 0.3 is 0 Å². The van der Waals surface area contributed by atoms with E-state index < -0.39 is 0 Å². The molecule has 0 aromatic heterocycles. The number of hydrogen-bond acceptors (Lipinski definition) is 2. The van der Waals surface area contributed by atoms with Gasteiger partial charge in [0.2, 0.25) is 0 Å². The maximum absolute atomic E-state index is 10.8. The Kier molecular flexibility index (Phi) is 14.3. The van der Waals surface area contributed by atoms with E-state index in [4.69, 9.17) is 0 Å². The second-order valence-corrected chi connectivity index (χ2v) is 6.15. The van der Waals surface area contributed by atoms with Crippen LogP contribution in [0.2, 0.25) is 0 Å². The van der Waals surface area contributed by atoms with Gasteiger partial charge in [0, 0.05) is 12.8 Å². The molecule has 2 nitrogen and oxygen atoms in total. The van der Waals surface area contributed by atoms with Crippen molar-refractivity contribution in [3.63, 3.8) is 0 Å². The van der Waals surface area contributed by atoms with Crippen molar-refractivity contribution in [3.05, 3.63) is 0 Å². The average Bonchev–Trinajstić information content (AvgIpc) is 2.38. The summed E-state index contributed by atoms with van der Waals surface area (Å²) in [6, 6.07) is 0. The van der Waals surface area contributed by atoms with Crippen molar-refractivity contribution in [2.75, 3.05) is 0 Å². The molecule has 0 aliphatic rings. The molecular weight excluding hydrogens is 248 g/mol. The fraction of sp³-hybridized carbons (Fsp3) is 0.889. The van der Waals surface area contributed by atoms with Crippen LogP contribution >= 0.6 is 0 Å². The molecule has 0 rings (SSSR count). The largest absolute Gasteiger partial charge is 0.300 e. The monoisotopic (exact) mass is 282 g/mol. The fourth-order valence-corrected chi connectivity index (χ4v) is 2.52. The maximum atomic E-state index is 10.8. The van der Waals surface area contributed by atoms with Gasteiger partial charge in [0.1, 0.15) is 11.6 Å². The smallest absolute Gasteiger partial charge is 0.129 e. The van der Waals surface area contributed by atoms with E-state index in [9.17, 15) is 9.59 Å². The van der Waals surface area contributed by atoms with Crippen molar-refractivity contribution >= 4 is 11.6 Å². The summed E-state index contributed by atoms with van der Waals surface area (Å²) in [7, 11) is 0. The molecule has 0 radical (unpaired) electrons. The number of unbranched alkanes of at least 4 members (excludes halogenated alkanes) is 11. The third kappa shape index (κ3) is 17.3. The van der Waals surface area contributed by atoms with E-state index >= 15 is 0 Å². The van der Waals surface area contributed by atoms with Gasteiger partial charge in [-0.2, -0.15) is 0 Å². The van der Waals surface area contributed by atoms with E-state index in [1.165, 1.54) is 64.2 Å². The lowest BCUT2D eigenvalue weighted by Gasteiger charge is -2.02. The Balaban J connectivity index is 2.99. The van der Waals surface area contributed by atoms with Gasteiger partial charge in [0.25, 0.3) is 0 Å². The Labute approximate surface area is 125 Å². The summed E-state index contributed by atoms with van der Waals surface area (Å²) in [6.07, 6.45) is 16.8. The minimum atomic E-state index is 0.327. The van der Waals surface area contributed by atoms with E-state index in [1.54, 1.807) is 13.8 Å². The van der Waals surface area contributed by atoms with Crippen LogP contribution < -0.4 is 0 Å². The summed E-state index contributed by atoms with van der Waals surface area (Å²) >= 11 is 0. The minimum Gasteiger partial charge on any atom is -0.300 e. The van der Waals surface area contributed by atoms with Crippen molar-refractivity contribution in [2.24, 2.45) is 0 Å². The van der Waals surface area contributed by atoms with Gasteiger partial charge in [-0.25, -0.2) is 0 Å². The van der Waals surface area contributed by atoms with Crippen molar-refractivity contribution in [2.45, 2.75) is 104 Å². The Morgan fingerprint density at radius 2 is 0.650 bits per heavy atom. The third-order valence-corrected chi connectivity index (χ3v) is 3.81. The Bertz CT molecular complexity index is 220. The van der Waals surface area contributed by atoms with E-state index in [0.717, 1.165) is 25.7 Å². The number of rotatable bonds is 15. The summed E-state index contributed by atoms with van der Waals surface area (Å²) < 4.78 is 0. The van der Waals surface area contributed by atoms with Crippen LogP contribution in [0.3, 0.4) is 0 Å². The lowest BCUT2D eigenvalue weighted by Crippen LogP contribution is -1.89. The molecule has 0 heterocycles. The number of carbonyl (C=O) groups is 2. The topological polar surface area (TPSA) is 34.1 Å². The van der Waals surface area contributed by atoms with E-state index in [0.29, 0.717) is 11.6 Å². The summed E-state index contributed by atoms with van der Waals surface area (Å²) in [6.45, 7) is 3.36. The molecular formula is C18H34O2. The Hall–Kier alpha value is -0.660. The number of ketones is 2. The van der Waals surface area contributed by atoms with Crippen LogP contribution in [0, 0.1) is 0 Å². The first kappa shape index (κ1) is 19.3. The highest BCUT2D eigenvalue weighted by molar-refractivity contribution is 5.75. The normalized spacial score (nSPS) is 10.7. The zero-order valence-electron chi connectivity index (χ0n) is 13.7. The highest BCUT2D eigenvalue weighted by Crippen LogP contribution is 2.13. The first-order chi connectivity index (χ1) is 9.63. The highest BCUT2D eigenvalue weighted by Gasteiger charge is 1.96. The molecule has 0 saturated carbocycles. The molecule has 0 atom stereocenters. The maximum Gasteiger partial charge on any atom is 0.129 e. The first-order valence-electron chi connectivity index (χ1n) is 8.62. The average molecular weight is 282 g/mol. The second kappa shape index (κ2) is 14.7. The van der Waals surface area contributed by atoms with Crippen LogP contribution in [0.25, 0.3) is 0 Å². The van der Waals surface area contributed by atoms with Crippen molar-refractivity contribution < 1.29 is 9.59 Å². The molecule has 0 bridgehead atoms. The van der Waals surface area contributed by atoms with Crippen LogP contribution in [-0.2, 0) is 9.59 Å². The molecule has 118 valence electrons. The molecule has 0 spiro atoms. The molecule has 0 aromatic carbocycles. The molecule has 0 aromatic rings. The van der Waals surface area contributed by atoms with Crippen molar-refractivity contribution in [1.29, 1.82) is 0 Å². The molecule has 0 aliphatic heterocycles. The molecule has 20 heavy (non-hydrogen) atoms. The van der Waals surface area contributed by atoms with Crippen LogP contribution in [-0.4, -0.2) is 11.6 Å². The fourth-order valence-electron chi connectivity index (χ4n) is 2.52. The molecule has 0 fully saturated rings. The van der Waals surface area contributed by atoms with Gasteiger partial charge in [0.05, 0.1) is 0 Å². The Morgan fingerprint density at radius 3 is 0.850 bits per heavy atom. The summed E-state index contributed by atoms with van der Waals surface area (Å²) in [5.74, 6) is 0.654. The molecule has 0 amide bonds.